The van der Waals surface area contributed by atoms with Crippen molar-refractivity contribution in [3.8, 4) is 0 Å². The summed E-state index contributed by atoms with van der Waals surface area (Å²) in [5.41, 5.74) is 5.64. The molecule has 1 saturated heterocycles. The molecule has 0 N–H and O–H groups in total. The molecule has 0 bridgehead atoms. The lowest BCUT2D eigenvalue weighted by atomic mass is 10.1. The molecule has 3 aromatic rings. The normalized spacial score (nSPS) is 15.1. The SMILES string of the molecule is Cc1cccc(N2CCN(c3ccc4nccnc4n3)CC2)c1C. The molecule has 0 saturated carbocycles. The van der Waals surface area contributed by atoms with Gasteiger partial charge in [-0.2, -0.15) is 0 Å². The van der Waals surface area contributed by atoms with Crippen molar-refractivity contribution in [1.29, 1.82) is 0 Å². The summed E-state index contributed by atoms with van der Waals surface area (Å²) in [4.78, 5) is 18.1. The molecular formula is C19H21N5. The number of aromatic nitrogens is 3. The van der Waals surface area contributed by atoms with Crippen molar-refractivity contribution in [2.24, 2.45) is 0 Å². The monoisotopic (exact) mass is 319 g/mol. The van der Waals surface area contributed by atoms with E-state index in [1.54, 1.807) is 12.4 Å². The van der Waals surface area contributed by atoms with Crippen LogP contribution in [0.1, 0.15) is 11.1 Å². The average molecular weight is 319 g/mol. The van der Waals surface area contributed by atoms with Gasteiger partial charge in [-0.1, -0.05) is 12.1 Å². The number of nitrogens with zero attached hydrogens (tertiary/aromatic N) is 5. The summed E-state index contributed by atoms with van der Waals surface area (Å²) in [6.07, 6.45) is 3.39. The first kappa shape index (κ1) is 14.9. The van der Waals surface area contributed by atoms with E-state index in [1.807, 2.05) is 12.1 Å². The second-order valence-corrected chi connectivity index (χ2v) is 6.26. The van der Waals surface area contributed by atoms with Gasteiger partial charge in [-0.25, -0.2) is 9.97 Å². The zero-order valence-electron chi connectivity index (χ0n) is 14.1. The topological polar surface area (TPSA) is 45.2 Å². The van der Waals surface area contributed by atoms with Crippen LogP contribution >= 0.6 is 0 Å². The van der Waals surface area contributed by atoms with Gasteiger partial charge in [-0.3, -0.25) is 4.98 Å². The van der Waals surface area contributed by atoms with E-state index in [0.29, 0.717) is 5.65 Å². The smallest absolute Gasteiger partial charge is 0.180 e. The Morgan fingerprint density at radius 3 is 2.42 bits per heavy atom. The van der Waals surface area contributed by atoms with Crippen molar-refractivity contribution in [2.75, 3.05) is 36.0 Å². The summed E-state index contributed by atoms with van der Waals surface area (Å²) in [5, 5.41) is 0. The highest BCUT2D eigenvalue weighted by molar-refractivity contribution is 5.71. The van der Waals surface area contributed by atoms with E-state index in [4.69, 9.17) is 0 Å². The molecule has 4 rings (SSSR count). The fraction of sp³-hybridized carbons (Fsp3) is 0.316. The molecule has 0 spiro atoms. The fourth-order valence-corrected chi connectivity index (χ4v) is 3.28. The van der Waals surface area contributed by atoms with Crippen LogP contribution in [-0.2, 0) is 0 Å². The van der Waals surface area contributed by atoms with E-state index >= 15 is 0 Å². The van der Waals surface area contributed by atoms with Crippen molar-refractivity contribution in [1.82, 2.24) is 15.0 Å². The van der Waals surface area contributed by atoms with Gasteiger partial charge in [0.25, 0.3) is 0 Å². The van der Waals surface area contributed by atoms with Gasteiger partial charge in [0.1, 0.15) is 11.3 Å². The summed E-state index contributed by atoms with van der Waals surface area (Å²) >= 11 is 0. The largest absolute Gasteiger partial charge is 0.368 e. The Balaban J connectivity index is 1.52. The van der Waals surface area contributed by atoms with E-state index in [1.165, 1.54) is 16.8 Å². The Morgan fingerprint density at radius 1 is 0.833 bits per heavy atom. The third kappa shape index (κ3) is 2.66. The summed E-state index contributed by atoms with van der Waals surface area (Å²) in [6, 6.07) is 10.6. The number of hydrogen-bond donors (Lipinski definition) is 0. The number of hydrogen-bond acceptors (Lipinski definition) is 5. The predicted molar refractivity (Wildman–Crippen MR) is 97.7 cm³/mol. The Hall–Kier alpha value is -2.69. The number of piperazine rings is 1. The van der Waals surface area contributed by atoms with Crippen molar-refractivity contribution in [3.63, 3.8) is 0 Å². The molecule has 1 aliphatic heterocycles. The van der Waals surface area contributed by atoms with Gasteiger partial charge in [-0.15, -0.1) is 0 Å². The Labute approximate surface area is 142 Å². The minimum absolute atomic E-state index is 0.715. The van der Waals surface area contributed by atoms with E-state index in [9.17, 15) is 0 Å². The van der Waals surface area contributed by atoms with Crippen molar-refractivity contribution < 1.29 is 0 Å². The third-order valence-corrected chi connectivity index (χ3v) is 4.84. The third-order valence-electron chi connectivity index (χ3n) is 4.84. The molecule has 0 unspecified atom stereocenters. The van der Waals surface area contributed by atoms with Crippen molar-refractivity contribution in [2.45, 2.75) is 13.8 Å². The van der Waals surface area contributed by atoms with Gasteiger partial charge >= 0.3 is 0 Å². The zero-order chi connectivity index (χ0) is 16.5. The Bertz CT molecular complexity index is 869. The summed E-state index contributed by atoms with van der Waals surface area (Å²) < 4.78 is 0. The molecule has 2 aromatic heterocycles. The van der Waals surface area contributed by atoms with Crippen LogP contribution in [0.2, 0.25) is 0 Å². The number of aryl methyl sites for hydroxylation is 1. The highest BCUT2D eigenvalue weighted by Crippen LogP contribution is 2.25. The fourth-order valence-electron chi connectivity index (χ4n) is 3.28. The molecule has 3 heterocycles. The Morgan fingerprint density at radius 2 is 1.58 bits per heavy atom. The lowest BCUT2D eigenvalue weighted by Crippen LogP contribution is -2.47. The van der Waals surface area contributed by atoms with Crippen LogP contribution in [0.4, 0.5) is 11.5 Å². The minimum Gasteiger partial charge on any atom is -0.368 e. The van der Waals surface area contributed by atoms with E-state index < -0.39 is 0 Å². The molecule has 122 valence electrons. The maximum atomic E-state index is 4.66. The molecule has 1 aliphatic rings. The van der Waals surface area contributed by atoms with Gasteiger partial charge < -0.3 is 9.80 Å². The molecule has 0 aliphatic carbocycles. The number of pyridine rings is 1. The van der Waals surface area contributed by atoms with Crippen LogP contribution in [0.3, 0.4) is 0 Å². The number of fused-ring (bicyclic) bond motifs is 1. The molecule has 5 nitrogen and oxygen atoms in total. The second kappa shape index (κ2) is 6.07. The molecule has 0 atom stereocenters. The van der Waals surface area contributed by atoms with Gasteiger partial charge in [0.05, 0.1) is 0 Å². The quantitative estimate of drug-likeness (QED) is 0.726. The average Bonchev–Trinajstić information content (AvgIpc) is 2.64. The highest BCUT2D eigenvalue weighted by atomic mass is 15.3. The summed E-state index contributed by atoms with van der Waals surface area (Å²) in [7, 11) is 0. The van der Waals surface area contributed by atoms with E-state index in [2.05, 4.69) is 56.8 Å². The van der Waals surface area contributed by atoms with Crippen LogP contribution in [-0.4, -0.2) is 41.1 Å². The first-order valence-electron chi connectivity index (χ1n) is 8.36. The summed E-state index contributed by atoms with van der Waals surface area (Å²) in [5.74, 6) is 0.989. The van der Waals surface area contributed by atoms with Crippen molar-refractivity contribution >= 4 is 22.7 Å². The lowest BCUT2D eigenvalue weighted by Gasteiger charge is -2.37. The van der Waals surface area contributed by atoms with E-state index in [0.717, 1.165) is 37.5 Å². The molecular weight excluding hydrogens is 298 g/mol. The van der Waals surface area contributed by atoms with Crippen LogP contribution in [0.5, 0.6) is 0 Å². The highest BCUT2D eigenvalue weighted by Gasteiger charge is 2.20. The minimum atomic E-state index is 0.715. The second-order valence-electron chi connectivity index (χ2n) is 6.26. The first-order valence-corrected chi connectivity index (χ1v) is 8.36. The predicted octanol–water partition coefficient (Wildman–Crippen LogP) is 2.97. The lowest BCUT2D eigenvalue weighted by molar-refractivity contribution is 0.647. The van der Waals surface area contributed by atoms with Crippen LogP contribution < -0.4 is 9.80 Å². The number of benzene rings is 1. The molecule has 24 heavy (non-hydrogen) atoms. The molecule has 0 radical (unpaired) electrons. The summed E-state index contributed by atoms with van der Waals surface area (Å²) in [6.45, 7) is 8.32. The molecule has 5 heteroatoms. The standard InChI is InChI=1S/C19H21N5/c1-14-4-3-5-17(15(14)2)23-10-12-24(13-11-23)18-7-6-16-19(22-18)21-9-8-20-16/h3-9H,10-13H2,1-2H3. The van der Waals surface area contributed by atoms with Gasteiger partial charge in [0.15, 0.2) is 5.65 Å². The maximum absolute atomic E-state index is 4.66. The van der Waals surface area contributed by atoms with Gasteiger partial charge in [-0.05, 0) is 43.2 Å². The van der Waals surface area contributed by atoms with E-state index in [-0.39, 0.29) is 0 Å². The van der Waals surface area contributed by atoms with Crippen molar-refractivity contribution in [3.05, 3.63) is 53.9 Å². The maximum Gasteiger partial charge on any atom is 0.180 e. The Kier molecular flexibility index (Phi) is 3.76. The van der Waals surface area contributed by atoms with Gasteiger partial charge in [0.2, 0.25) is 0 Å². The molecule has 1 fully saturated rings. The zero-order valence-corrected chi connectivity index (χ0v) is 14.1. The number of rotatable bonds is 2. The first-order chi connectivity index (χ1) is 11.7. The molecule has 0 amide bonds. The van der Waals surface area contributed by atoms with Crippen LogP contribution in [0, 0.1) is 13.8 Å². The van der Waals surface area contributed by atoms with Crippen LogP contribution in [0.25, 0.3) is 11.2 Å². The van der Waals surface area contributed by atoms with Crippen LogP contribution in [0.15, 0.2) is 42.7 Å². The number of anilines is 2. The molecule has 1 aromatic carbocycles. The van der Waals surface area contributed by atoms with Gasteiger partial charge in [0, 0.05) is 44.3 Å².